The van der Waals surface area contributed by atoms with E-state index in [9.17, 15) is 9.59 Å². The SMILES string of the molecule is O=C(CSc1ccccc1C(=O)NCc1ccc(Cl)cc1Cl)NCc1ccco1. The van der Waals surface area contributed by atoms with Gasteiger partial charge in [0, 0.05) is 21.5 Å². The minimum absolute atomic E-state index is 0.144. The molecule has 150 valence electrons. The lowest BCUT2D eigenvalue weighted by Gasteiger charge is -2.11. The summed E-state index contributed by atoms with van der Waals surface area (Å²) < 4.78 is 5.18. The molecular formula is C21H18Cl2N2O3S. The maximum Gasteiger partial charge on any atom is 0.252 e. The number of halogens is 2. The maximum atomic E-state index is 12.6. The number of furan rings is 1. The van der Waals surface area contributed by atoms with Crippen LogP contribution in [0.5, 0.6) is 0 Å². The van der Waals surface area contributed by atoms with Crippen molar-refractivity contribution >= 4 is 46.8 Å². The third-order valence-electron chi connectivity index (χ3n) is 3.98. The molecule has 2 aromatic carbocycles. The van der Waals surface area contributed by atoms with E-state index in [0.29, 0.717) is 27.9 Å². The standard InChI is InChI=1S/C21H18Cl2N2O3S/c22-15-8-7-14(18(23)10-15)11-25-21(27)17-5-1-2-6-19(17)29-13-20(26)24-12-16-4-3-9-28-16/h1-10H,11-13H2,(H,24,26)(H,25,27). The van der Waals surface area contributed by atoms with E-state index in [0.717, 1.165) is 10.5 Å². The summed E-state index contributed by atoms with van der Waals surface area (Å²) in [5, 5.41) is 6.67. The van der Waals surface area contributed by atoms with Crippen molar-refractivity contribution < 1.29 is 14.0 Å². The van der Waals surface area contributed by atoms with Crippen LogP contribution in [-0.4, -0.2) is 17.6 Å². The first kappa shape index (κ1) is 21.3. The fraction of sp³-hybridized carbons (Fsp3) is 0.143. The van der Waals surface area contributed by atoms with Crippen molar-refractivity contribution in [2.24, 2.45) is 0 Å². The Morgan fingerprint density at radius 3 is 2.55 bits per heavy atom. The van der Waals surface area contributed by atoms with E-state index in [1.807, 2.05) is 12.1 Å². The number of carbonyl (C=O) groups is 2. The van der Waals surface area contributed by atoms with Crippen LogP contribution in [0.3, 0.4) is 0 Å². The van der Waals surface area contributed by atoms with Crippen LogP contribution >= 0.6 is 35.0 Å². The molecule has 0 saturated heterocycles. The topological polar surface area (TPSA) is 71.3 Å². The number of carbonyl (C=O) groups excluding carboxylic acids is 2. The third kappa shape index (κ3) is 6.29. The fourth-order valence-corrected chi connectivity index (χ4v) is 3.86. The van der Waals surface area contributed by atoms with Gasteiger partial charge in [0.15, 0.2) is 0 Å². The first-order valence-corrected chi connectivity index (χ1v) is 10.5. The smallest absolute Gasteiger partial charge is 0.252 e. The number of hydrogen-bond donors (Lipinski definition) is 2. The Labute approximate surface area is 182 Å². The summed E-state index contributed by atoms with van der Waals surface area (Å²) >= 11 is 13.3. The summed E-state index contributed by atoms with van der Waals surface area (Å²) in [6.07, 6.45) is 1.56. The van der Waals surface area contributed by atoms with Crippen LogP contribution in [-0.2, 0) is 17.9 Å². The molecule has 1 heterocycles. The molecule has 1 aromatic heterocycles. The zero-order valence-corrected chi connectivity index (χ0v) is 17.6. The average Bonchev–Trinajstić information content (AvgIpc) is 3.24. The van der Waals surface area contributed by atoms with Gasteiger partial charge < -0.3 is 15.1 Å². The van der Waals surface area contributed by atoms with E-state index in [1.54, 1.807) is 48.7 Å². The molecule has 0 aliphatic carbocycles. The normalized spacial score (nSPS) is 10.6. The van der Waals surface area contributed by atoms with E-state index in [-0.39, 0.29) is 24.1 Å². The molecule has 0 spiro atoms. The van der Waals surface area contributed by atoms with Crippen LogP contribution in [0.2, 0.25) is 10.0 Å². The van der Waals surface area contributed by atoms with Crippen molar-refractivity contribution in [3.8, 4) is 0 Å². The highest BCUT2D eigenvalue weighted by Crippen LogP contribution is 2.24. The Hall–Kier alpha value is -2.41. The van der Waals surface area contributed by atoms with Gasteiger partial charge in [-0.25, -0.2) is 0 Å². The van der Waals surface area contributed by atoms with Crippen LogP contribution in [0.4, 0.5) is 0 Å². The highest BCUT2D eigenvalue weighted by molar-refractivity contribution is 8.00. The second-order valence-electron chi connectivity index (χ2n) is 6.06. The summed E-state index contributed by atoms with van der Waals surface area (Å²) in [4.78, 5) is 25.4. The molecule has 0 saturated carbocycles. The second-order valence-corrected chi connectivity index (χ2v) is 7.92. The van der Waals surface area contributed by atoms with Gasteiger partial charge in [0.2, 0.25) is 5.91 Å². The Balaban J connectivity index is 1.56. The van der Waals surface area contributed by atoms with Gasteiger partial charge in [-0.1, -0.05) is 41.4 Å². The summed E-state index contributed by atoms with van der Waals surface area (Å²) in [6, 6.07) is 15.8. The average molecular weight is 449 g/mol. The van der Waals surface area contributed by atoms with E-state index in [2.05, 4.69) is 10.6 Å². The number of nitrogens with one attached hydrogen (secondary N) is 2. The quantitative estimate of drug-likeness (QED) is 0.479. The summed E-state index contributed by atoms with van der Waals surface area (Å²) in [5.74, 6) is 0.488. The molecule has 0 bridgehead atoms. The maximum absolute atomic E-state index is 12.6. The number of hydrogen-bond acceptors (Lipinski definition) is 4. The minimum atomic E-state index is -0.241. The highest BCUT2D eigenvalue weighted by atomic mass is 35.5. The highest BCUT2D eigenvalue weighted by Gasteiger charge is 2.13. The van der Waals surface area contributed by atoms with Gasteiger partial charge in [0.05, 0.1) is 24.1 Å². The number of amides is 2. The molecule has 0 atom stereocenters. The van der Waals surface area contributed by atoms with Crippen LogP contribution in [0.15, 0.2) is 70.2 Å². The zero-order chi connectivity index (χ0) is 20.6. The minimum Gasteiger partial charge on any atom is -0.467 e. The van der Waals surface area contributed by atoms with Crippen LogP contribution in [0.25, 0.3) is 0 Å². The molecular weight excluding hydrogens is 431 g/mol. The largest absolute Gasteiger partial charge is 0.467 e. The molecule has 0 unspecified atom stereocenters. The van der Waals surface area contributed by atoms with E-state index < -0.39 is 0 Å². The Kier molecular flexibility index (Phi) is 7.63. The van der Waals surface area contributed by atoms with Gasteiger partial charge in [-0.05, 0) is 42.0 Å². The Bertz CT molecular complexity index is 993. The molecule has 8 heteroatoms. The van der Waals surface area contributed by atoms with Gasteiger partial charge in [-0.15, -0.1) is 11.8 Å². The van der Waals surface area contributed by atoms with Crippen molar-refractivity contribution in [2.75, 3.05) is 5.75 Å². The van der Waals surface area contributed by atoms with Crippen molar-refractivity contribution in [3.63, 3.8) is 0 Å². The molecule has 5 nitrogen and oxygen atoms in total. The molecule has 0 radical (unpaired) electrons. The lowest BCUT2D eigenvalue weighted by molar-refractivity contribution is -0.118. The second kappa shape index (κ2) is 10.4. The molecule has 3 rings (SSSR count). The Morgan fingerprint density at radius 2 is 1.79 bits per heavy atom. The summed E-state index contributed by atoms with van der Waals surface area (Å²) in [5.41, 5.74) is 1.27. The lowest BCUT2D eigenvalue weighted by atomic mass is 10.2. The summed E-state index contributed by atoms with van der Waals surface area (Å²) in [7, 11) is 0. The van der Waals surface area contributed by atoms with Crippen molar-refractivity contribution in [1.82, 2.24) is 10.6 Å². The predicted molar refractivity (Wildman–Crippen MR) is 115 cm³/mol. The molecule has 0 aliphatic heterocycles. The van der Waals surface area contributed by atoms with Crippen LogP contribution in [0.1, 0.15) is 21.7 Å². The van der Waals surface area contributed by atoms with E-state index >= 15 is 0 Å². The van der Waals surface area contributed by atoms with Crippen LogP contribution in [0, 0.1) is 0 Å². The molecule has 29 heavy (non-hydrogen) atoms. The van der Waals surface area contributed by atoms with Gasteiger partial charge in [0.1, 0.15) is 5.76 Å². The van der Waals surface area contributed by atoms with Gasteiger partial charge in [-0.2, -0.15) is 0 Å². The van der Waals surface area contributed by atoms with Gasteiger partial charge >= 0.3 is 0 Å². The number of thioether (sulfide) groups is 1. The van der Waals surface area contributed by atoms with Crippen molar-refractivity contribution in [3.05, 3.63) is 87.8 Å². The van der Waals surface area contributed by atoms with Gasteiger partial charge in [0.25, 0.3) is 5.91 Å². The zero-order valence-electron chi connectivity index (χ0n) is 15.3. The molecule has 2 amide bonds. The third-order valence-corrected chi connectivity index (χ3v) is 5.65. The first-order chi connectivity index (χ1) is 14.0. The molecule has 0 fully saturated rings. The molecule has 3 aromatic rings. The fourth-order valence-electron chi connectivity index (χ4n) is 2.51. The summed E-state index contributed by atoms with van der Waals surface area (Å²) in [6.45, 7) is 0.605. The van der Waals surface area contributed by atoms with Crippen molar-refractivity contribution in [2.45, 2.75) is 18.0 Å². The number of rotatable bonds is 8. The molecule has 0 aliphatic rings. The first-order valence-electron chi connectivity index (χ1n) is 8.76. The Morgan fingerprint density at radius 1 is 0.966 bits per heavy atom. The van der Waals surface area contributed by atoms with Gasteiger partial charge in [-0.3, -0.25) is 9.59 Å². The molecule has 2 N–H and O–H groups in total. The number of benzene rings is 2. The van der Waals surface area contributed by atoms with E-state index in [1.165, 1.54) is 11.8 Å². The van der Waals surface area contributed by atoms with E-state index in [4.69, 9.17) is 27.6 Å². The van der Waals surface area contributed by atoms with Crippen molar-refractivity contribution in [1.29, 1.82) is 0 Å². The monoisotopic (exact) mass is 448 g/mol. The lowest BCUT2D eigenvalue weighted by Crippen LogP contribution is -2.25. The predicted octanol–water partition coefficient (Wildman–Crippen LogP) is 4.92. The van der Waals surface area contributed by atoms with Crippen LogP contribution < -0.4 is 10.6 Å².